The maximum atomic E-state index is 4.67. The number of anilines is 3. The monoisotopic (exact) mass is 372 g/mol. The molecule has 29 heavy (non-hydrogen) atoms. The summed E-state index contributed by atoms with van der Waals surface area (Å²) in [4.78, 5) is 15.5. The second-order valence-electron chi connectivity index (χ2n) is 7.07. The molecule has 3 heterocycles. The molecule has 0 saturated heterocycles. The van der Waals surface area contributed by atoms with Crippen LogP contribution in [0.25, 0.3) is 33.0 Å². The fourth-order valence-corrected chi connectivity index (χ4v) is 4.15. The van der Waals surface area contributed by atoms with Gasteiger partial charge in [0.1, 0.15) is 12.1 Å². The van der Waals surface area contributed by atoms with Crippen LogP contribution in [-0.2, 0) is 0 Å². The third kappa shape index (κ3) is 2.43. The summed E-state index contributed by atoms with van der Waals surface area (Å²) in [6, 6.07) is 25.3. The van der Waals surface area contributed by atoms with Crippen molar-refractivity contribution in [1.29, 1.82) is 0 Å². The minimum Gasteiger partial charge on any atom is -0.294 e. The second-order valence-corrected chi connectivity index (χ2v) is 7.07. The number of pyridine rings is 1. The third-order valence-electron chi connectivity index (χ3n) is 5.40. The average Bonchev–Trinajstić information content (AvgIpc) is 2.80. The van der Waals surface area contributed by atoms with E-state index in [0.29, 0.717) is 0 Å². The van der Waals surface area contributed by atoms with Gasteiger partial charge in [0.25, 0.3) is 0 Å². The van der Waals surface area contributed by atoms with Crippen LogP contribution in [0.5, 0.6) is 0 Å². The van der Waals surface area contributed by atoms with E-state index in [1.165, 1.54) is 10.8 Å². The zero-order valence-electron chi connectivity index (χ0n) is 15.5. The number of hydrogen-bond donors (Lipinski definition) is 0. The van der Waals surface area contributed by atoms with Crippen molar-refractivity contribution in [1.82, 2.24) is 15.0 Å². The van der Waals surface area contributed by atoms with Gasteiger partial charge in [-0.1, -0.05) is 36.4 Å². The summed E-state index contributed by atoms with van der Waals surface area (Å²) in [5.41, 5.74) is 6.64. The molecule has 1 aliphatic heterocycles. The Hall–Kier alpha value is -4.05. The molecule has 0 amide bonds. The Morgan fingerprint density at radius 3 is 2.48 bits per heavy atom. The van der Waals surface area contributed by atoms with Crippen LogP contribution < -0.4 is 4.90 Å². The molecule has 0 fully saturated rings. The molecule has 4 nitrogen and oxygen atoms in total. The van der Waals surface area contributed by atoms with Gasteiger partial charge in [0.15, 0.2) is 0 Å². The van der Waals surface area contributed by atoms with E-state index in [2.05, 4.69) is 80.5 Å². The predicted molar refractivity (Wildman–Crippen MR) is 116 cm³/mol. The van der Waals surface area contributed by atoms with Crippen LogP contribution in [0.1, 0.15) is 0 Å². The van der Waals surface area contributed by atoms with E-state index < -0.39 is 0 Å². The van der Waals surface area contributed by atoms with Crippen LogP contribution in [0.4, 0.5) is 17.2 Å². The van der Waals surface area contributed by atoms with Gasteiger partial charge in [0.05, 0.1) is 5.69 Å². The third-order valence-corrected chi connectivity index (χ3v) is 5.40. The van der Waals surface area contributed by atoms with E-state index in [0.717, 1.165) is 39.4 Å². The number of nitrogens with zero attached hydrogens (tertiary/aromatic N) is 4. The molecule has 4 heteroatoms. The Bertz CT molecular complexity index is 1350. The molecule has 0 N–H and O–H groups in total. The summed E-state index contributed by atoms with van der Waals surface area (Å²) >= 11 is 0. The number of rotatable bonds is 2. The van der Waals surface area contributed by atoms with Gasteiger partial charge >= 0.3 is 0 Å². The average molecular weight is 372 g/mol. The molecule has 2 aromatic heterocycles. The molecule has 0 aliphatic carbocycles. The minimum absolute atomic E-state index is 0.898. The zero-order chi connectivity index (χ0) is 19.2. The quantitative estimate of drug-likeness (QED) is 0.366. The van der Waals surface area contributed by atoms with Crippen LogP contribution in [-0.4, -0.2) is 15.0 Å². The number of fused-ring (bicyclic) bond motifs is 2. The molecular weight excluding hydrogens is 356 g/mol. The lowest BCUT2D eigenvalue weighted by atomic mass is 9.90. The number of aromatic nitrogens is 3. The van der Waals surface area contributed by atoms with Crippen LogP contribution in [0.3, 0.4) is 0 Å². The van der Waals surface area contributed by atoms with Gasteiger partial charge in [0, 0.05) is 40.8 Å². The Morgan fingerprint density at radius 2 is 1.62 bits per heavy atom. The zero-order valence-corrected chi connectivity index (χ0v) is 15.5. The minimum atomic E-state index is 0.898. The second kappa shape index (κ2) is 6.24. The molecule has 0 bridgehead atoms. The van der Waals surface area contributed by atoms with Gasteiger partial charge in [-0.15, -0.1) is 0 Å². The van der Waals surface area contributed by atoms with Gasteiger partial charge < -0.3 is 0 Å². The largest absolute Gasteiger partial charge is 0.294 e. The van der Waals surface area contributed by atoms with Crippen molar-refractivity contribution in [3.8, 4) is 22.3 Å². The summed E-state index contributed by atoms with van der Waals surface area (Å²) in [5, 5.41) is 2.40. The van der Waals surface area contributed by atoms with E-state index in [-0.39, 0.29) is 0 Å². The molecular formula is C25H16N4. The van der Waals surface area contributed by atoms with Crippen molar-refractivity contribution in [3.05, 3.63) is 97.7 Å². The summed E-state index contributed by atoms with van der Waals surface area (Å²) in [6.45, 7) is 0. The van der Waals surface area contributed by atoms with E-state index in [9.17, 15) is 0 Å². The van der Waals surface area contributed by atoms with E-state index in [1.807, 2.05) is 24.5 Å². The van der Waals surface area contributed by atoms with Crippen LogP contribution in [0, 0.1) is 0 Å². The first-order valence-electron chi connectivity index (χ1n) is 9.53. The van der Waals surface area contributed by atoms with Crippen LogP contribution in [0.2, 0.25) is 0 Å². The lowest BCUT2D eigenvalue weighted by molar-refractivity contribution is 1.11. The van der Waals surface area contributed by atoms with Crippen molar-refractivity contribution < 1.29 is 0 Å². The number of hydrogen-bond acceptors (Lipinski definition) is 4. The van der Waals surface area contributed by atoms with E-state index in [4.69, 9.17) is 0 Å². The Labute approximate surface area is 168 Å². The highest BCUT2D eigenvalue weighted by Gasteiger charge is 2.27. The highest BCUT2D eigenvalue weighted by Crippen LogP contribution is 2.50. The van der Waals surface area contributed by atoms with Gasteiger partial charge in [-0.25, -0.2) is 9.97 Å². The first-order chi connectivity index (χ1) is 14.4. The van der Waals surface area contributed by atoms with Gasteiger partial charge in [-0.2, -0.15) is 0 Å². The lowest BCUT2D eigenvalue weighted by Gasteiger charge is -2.32. The lowest BCUT2D eigenvalue weighted by Crippen LogP contribution is -2.16. The highest BCUT2D eigenvalue weighted by atomic mass is 15.2. The fraction of sp³-hybridized carbons (Fsp3) is 0. The van der Waals surface area contributed by atoms with E-state index in [1.54, 1.807) is 12.5 Å². The molecule has 1 aliphatic rings. The van der Waals surface area contributed by atoms with Crippen molar-refractivity contribution >= 4 is 28.0 Å². The van der Waals surface area contributed by atoms with E-state index >= 15 is 0 Å². The topological polar surface area (TPSA) is 41.9 Å². The molecule has 136 valence electrons. The first-order valence-corrected chi connectivity index (χ1v) is 9.53. The summed E-state index contributed by atoms with van der Waals surface area (Å²) in [6.07, 6.45) is 7.23. The van der Waals surface area contributed by atoms with Crippen LogP contribution >= 0.6 is 0 Å². The SMILES string of the molecule is c1ccc(N2c3ncncc3-c3cc(-c4cccnc4)cc4cccc2c34)cc1. The number of para-hydroxylation sites is 1. The van der Waals surface area contributed by atoms with Gasteiger partial charge in [-0.05, 0) is 52.9 Å². The van der Waals surface area contributed by atoms with Crippen molar-refractivity contribution in [2.75, 3.05) is 4.90 Å². The predicted octanol–water partition coefficient (Wildman–Crippen LogP) is 6.14. The Morgan fingerprint density at radius 1 is 0.690 bits per heavy atom. The molecule has 3 aromatic carbocycles. The highest BCUT2D eigenvalue weighted by molar-refractivity contribution is 6.14. The first kappa shape index (κ1) is 16.0. The Balaban J connectivity index is 1.71. The molecule has 0 unspecified atom stereocenters. The van der Waals surface area contributed by atoms with Crippen molar-refractivity contribution in [2.45, 2.75) is 0 Å². The normalized spacial score (nSPS) is 12.1. The summed E-state index contributed by atoms with van der Waals surface area (Å²) in [7, 11) is 0. The number of benzene rings is 3. The molecule has 6 rings (SSSR count). The Kier molecular flexibility index (Phi) is 3.43. The standard InChI is InChI=1S/C25H16N4/c1-2-8-20(9-3-1)29-23-10-4-6-17-12-19(18-7-5-11-26-14-18)13-21(24(17)23)22-15-27-16-28-25(22)29/h1-16H. The molecule has 0 saturated carbocycles. The van der Waals surface area contributed by atoms with Gasteiger partial charge in [0.2, 0.25) is 0 Å². The molecule has 5 aromatic rings. The summed E-state index contributed by atoms with van der Waals surface area (Å²) in [5.74, 6) is 0.898. The summed E-state index contributed by atoms with van der Waals surface area (Å²) < 4.78 is 0. The molecule has 0 radical (unpaired) electrons. The molecule has 0 spiro atoms. The smallest absolute Gasteiger partial charge is 0.148 e. The maximum Gasteiger partial charge on any atom is 0.148 e. The fourth-order valence-electron chi connectivity index (χ4n) is 4.15. The van der Waals surface area contributed by atoms with Crippen molar-refractivity contribution in [3.63, 3.8) is 0 Å². The molecule has 0 atom stereocenters. The van der Waals surface area contributed by atoms with Gasteiger partial charge in [-0.3, -0.25) is 9.88 Å². The van der Waals surface area contributed by atoms with Crippen LogP contribution in [0.15, 0.2) is 97.7 Å². The van der Waals surface area contributed by atoms with Crippen molar-refractivity contribution in [2.24, 2.45) is 0 Å². The maximum absolute atomic E-state index is 4.67.